The molecule has 0 aromatic carbocycles. The van der Waals surface area contributed by atoms with Crippen LogP contribution in [-0.2, 0) is 10.1 Å². The average molecular weight is 196 g/mol. The lowest BCUT2D eigenvalue weighted by Crippen LogP contribution is -2.21. The van der Waals surface area contributed by atoms with Gasteiger partial charge in [-0.15, -0.1) is 0 Å². The fourth-order valence-corrected chi connectivity index (χ4v) is 2.14. The van der Waals surface area contributed by atoms with Crippen LogP contribution in [-0.4, -0.2) is 30.4 Å². The summed E-state index contributed by atoms with van der Waals surface area (Å²) in [6.07, 6.45) is 0.414. The number of hydrogen-bond donors (Lipinski definition) is 2. The third kappa shape index (κ3) is 5.51. The molecule has 5 heteroatoms. The van der Waals surface area contributed by atoms with Gasteiger partial charge in [0, 0.05) is 6.61 Å². The van der Waals surface area contributed by atoms with Gasteiger partial charge >= 0.3 is 0 Å². The molecule has 0 amide bonds. The molecule has 12 heavy (non-hydrogen) atoms. The Hall–Kier alpha value is -0.130. The van der Waals surface area contributed by atoms with Crippen molar-refractivity contribution in [2.75, 3.05) is 12.4 Å². The smallest absolute Gasteiger partial charge is 0.265 e. The molecule has 0 fully saturated rings. The lowest BCUT2D eigenvalue weighted by Gasteiger charge is -2.17. The lowest BCUT2D eigenvalue weighted by atomic mass is 9.95. The molecule has 0 radical (unpaired) electrons. The predicted octanol–water partition coefficient (Wildman–Crippen LogP) is 0.529. The third-order valence-electron chi connectivity index (χ3n) is 1.87. The van der Waals surface area contributed by atoms with Gasteiger partial charge in [0.2, 0.25) is 0 Å². The van der Waals surface area contributed by atoms with Crippen molar-refractivity contribution in [3.05, 3.63) is 0 Å². The van der Waals surface area contributed by atoms with E-state index >= 15 is 0 Å². The highest BCUT2D eigenvalue weighted by atomic mass is 32.2. The monoisotopic (exact) mass is 196 g/mol. The van der Waals surface area contributed by atoms with Gasteiger partial charge in [-0.05, 0) is 18.3 Å². The van der Waals surface area contributed by atoms with Crippen molar-refractivity contribution in [1.29, 1.82) is 0 Å². The maximum atomic E-state index is 10.5. The Bertz CT molecular complexity index is 207. The Kier molecular flexibility index (Phi) is 4.74. The van der Waals surface area contributed by atoms with Gasteiger partial charge in [0.15, 0.2) is 0 Å². The molecule has 0 aromatic heterocycles. The molecule has 0 rings (SSSR count). The summed E-state index contributed by atoms with van der Waals surface area (Å²) in [5.41, 5.74) is 0. The van der Waals surface area contributed by atoms with E-state index < -0.39 is 10.1 Å². The van der Waals surface area contributed by atoms with Gasteiger partial charge in [-0.3, -0.25) is 4.55 Å². The molecule has 1 unspecified atom stereocenters. The van der Waals surface area contributed by atoms with E-state index in [0.717, 1.165) is 0 Å². The minimum atomic E-state index is -3.90. The highest BCUT2D eigenvalue weighted by Crippen LogP contribution is 2.16. The second-order valence-corrected chi connectivity index (χ2v) is 4.76. The van der Waals surface area contributed by atoms with Gasteiger partial charge in [-0.25, -0.2) is 0 Å². The van der Waals surface area contributed by atoms with Gasteiger partial charge in [0.05, 0.1) is 5.75 Å². The van der Waals surface area contributed by atoms with Crippen LogP contribution >= 0.6 is 0 Å². The summed E-state index contributed by atoms with van der Waals surface area (Å²) in [6, 6.07) is 0. The largest absolute Gasteiger partial charge is 0.396 e. The maximum Gasteiger partial charge on any atom is 0.265 e. The molecular formula is C7H16O4S. The molecule has 74 valence electrons. The van der Waals surface area contributed by atoms with Crippen LogP contribution in [0.5, 0.6) is 0 Å². The molecule has 0 heterocycles. The summed E-state index contributed by atoms with van der Waals surface area (Å²) in [6.45, 7) is 3.69. The van der Waals surface area contributed by atoms with Crippen molar-refractivity contribution in [1.82, 2.24) is 0 Å². The molecule has 2 N–H and O–H groups in total. The highest BCUT2D eigenvalue weighted by molar-refractivity contribution is 7.85. The fourth-order valence-electron chi connectivity index (χ4n) is 1.05. The zero-order valence-corrected chi connectivity index (χ0v) is 8.21. The highest BCUT2D eigenvalue weighted by Gasteiger charge is 2.19. The van der Waals surface area contributed by atoms with Gasteiger partial charge in [0.1, 0.15) is 0 Å². The Morgan fingerprint density at radius 2 is 1.83 bits per heavy atom. The van der Waals surface area contributed by atoms with Gasteiger partial charge in [-0.2, -0.15) is 8.42 Å². The van der Waals surface area contributed by atoms with Gasteiger partial charge in [0.25, 0.3) is 10.1 Å². The van der Waals surface area contributed by atoms with E-state index in [0.29, 0.717) is 6.42 Å². The minimum Gasteiger partial charge on any atom is -0.396 e. The van der Waals surface area contributed by atoms with Gasteiger partial charge < -0.3 is 5.11 Å². The number of aliphatic hydroxyl groups excluding tert-OH is 1. The average Bonchev–Trinajstić information content (AvgIpc) is 1.83. The zero-order chi connectivity index (χ0) is 9.78. The predicted molar refractivity (Wildman–Crippen MR) is 46.4 cm³/mol. The first-order chi connectivity index (χ1) is 5.37. The molecule has 0 saturated heterocycles. The van der Waals surface area contributed by atoms with Crippen molar-refractivity contribution >= 4 is 10.1 Å². The molecule has 0 aliphatic rings. The van der Waals surface area contributed by atoms with Crippen molar-refractivity contribution in [3.8, 4) is 0 Å². The van der Waals surface area contributed by atoms with Gasteiger partial charge in [-0.1, -0.05) is 13.8 Å². The van der Waals surface area contributed by atoms with E-state index in [-0.39, 0.29) is 24.2 Å². The minimum absolute atomic E-state index is 0.0433. The van der Waals surface area contributed by atoms with Crippen molar-refractivity contribution in [2.24, 2.45) is 11.8 Å². The Morgan fingerprint density at radius 1 is 1.33 bits per heavy atom. The molecule has 0 aliphatic carbocycles. The Morgan fingerprint density at radius 3 is 2.08 bits per heavy atom. The summed E-state index contributed by atoms with van der Waals surface area (Å²) in [7, 11) is -3.90. The van der Waals surface area contributed by atoms with Crippen molar-refractivity contribution in [2.45, 2.75) is 20.3 Å². The fraction of sp³-hybridized carbons (Fsp3) is 1.00. The first-order valence-corrected chi connectivity index (χ1v) is 5.53. The summed E-state index contributed by atoms with van der Waals surface area (Å²) in [5, 5.41) is 8.61. The van der Waals surface area contributed by atoms with E-state index in [2.05, 4.69) is 0 Å². The summed E-state index contributed by atoms with van der Waals surface area (Å²) in [5.74, 6) is -0.269. The van der Waals surface area contributed by atoms with Crippen LogP contribution in [0.3, 0.4) is 0 Å². The first-order valence-electron chi connectivity index (χ1n) is 3.93. The van der Waals surface area contributed by atoms with Crippen LogP contribution < -0.4 is 0 Å². The van der Waals surface area contributed by atoms with Crippen LogP contribution in [0.4, 0.5) is 0 Å². The second kappa shape index (κ2) is 4.79. The molecule has 0 aliphatic heterocycles. The van der Waals surface area contributed by atoms with E-state index in [9.17, 15) is 8.42 Å². The number of hydrogen-bond acceptors (Lipinski definition) is 3. The van der Waals surface area contributed by atoms with Crippen molar-refractivity contribution in [3.63, 3.8) is 0 Å². The van der Waals surface area contributed by atoms with Crippen LogP contribution in [0.1, 0.15) is 20.3 Å². The molecule has 4 nitrogen and oxygen atoms in total. The molecule has 0 aromatic rings. The van der Waals surface area contributed by atoms with Crippen molar-refractivity contribution < 1.29 is 18.1 Å². The molecule has 1 atom stereocenters. The Labute approximate surface area is 73.4 Å². The zero-order valence-electron chi connectivity index (χ0n) is 7.40. The van der Waals surface area contributed by atoms with Crippen LogP contribution in [0.15, 0.2) is 0 Å². The van der Waals surface area contributed by atoms with E-state index in [1.165, 1.54) is 0 Å². The number of rotatable bonds is 5. The second-order valence-electron chi connectivity index (χ2n) is 3.26. The molecular weight excluding hydrogens is 180 g/mol. The maximum absolute atomic E-state index is 10.5. The molecule has 0 bridgehead atoms. The standard InChI is InChI=1S/C7H16O4S/c1-6(2)7(3-4-8)5-12(9,10)11/h6-8H,3-5H2,1-2H3,(H,9,10,11). The quantitative estimate of drug-likeness (QED) is 0.629. The third-order valence-corrected chi connectivity index (χ3v) is 2.72. The normalized spacial score (nSPS) is 15.1. The van der Waals surface area contributed by atoms with E-state index in [1.807, 2.05) is 13.8 Å². The lowest BCUT2D eigenvalue weighted by molar-refractivity contribution is 0.240. The molecule has 0 spiro atoms. The Balaban J connectivity index is 4.14. The SMILES string of the molecule is CC(C)C(CCO)CS(=O)(=O)O. The van der Waals surface area contributed by atoms with E-state index in [4.69, 9.17) is 9.66 Å². The summed E-state index contributed by atoms with van der Waals surface area (Å²) in [4.78, 5) is 0. The summed E-state index contributed by atoms with van der Waals surface area (Å²) < 4.78 is 29.5. The first kappa shape index (κ1) is 11.9. The van der Waals surface area contributed by atoms with Crippen LogP contribution in [0, 0.1) is 11.8 Å². The van der Waals surface area contributed by atoms with Crippen LogP contribution in [0.2, 0.25) is 0 Å². The van der Waals surface area contributed by atoms with Crippen LogP contribution in [0.25, 0.3) is 0 Å². The number of aliphatic hydroxyl groups is 1. The summed E-state index contributed by atoms with van der Waals surface area (Å²) >= 11 is 0. The topological polar surface area (TPSA) is 74.6 Å². The van der Waals surface area contributed by atoms with E-state index in [1.54, 1.807) is 0 Å². The molecule has 0 saturated carbocycles.